The Hall–Kier alpha value is -3.46. The van der Waals surface area contributed by atoms with Gasteiger partial charge in [0.2, 0.25) is 0 Å². The molecule has 170 valence electrons. The molecular weight excluding hydrogens is 455 g/mol. The van der Waals surface area contributed by atoms with Gasteiger partial charge >= 0.3 is 6.18 Å². The molecule has 2 heterocycles. The average Bonchev–Trinajstić information content (AvgIpc) is 3.33. The van der Waals surface area contributed by atoms with E-state index in [1.54, 1.807) is 6.07 Å². The van der Waals surface area contributed by atoms with E-state index in [4.69, 9.17) is 9.15 Å². The zero-order valence-corrected chi connectivity index (χ0v) is 18.2. The number of hydrogen-bond donors (Lipinski definition) is 0. The highest BCUT2D eigenvalue weighted by Crippen LogP contribution is 2.35. The van der Waals surface area contributed by atoms with E-state index in [0.717, 1.165) is 34.4 Å². The van der Waals surface area contributed by atoms with Gasteiger partial charge in [0.25, 0.3) is 11.1 Å². The van der Waals surface area contributed by atoms with E-state index in [-0.39, 0.29) is 35.1 Å². The van der Waals surface area contributed by atoms with Crippen molar-refractivity contribution in [3.63, 3.8) is 0 Å². The third-order valence-electron chi connectivity index (χ3n) is 4.82. The van der Waals surface area contributed by atoms with Crippen LogP contribution in [0.4, 0.5) is 18.0 Å². The van der Waals surface area contributed by atoms with Gasteiger partial charge in [-0.3, -0.25) is 14.5 Å². The molecule has 0 spiro atoms. The van der Waals surface area contributed by atoms with Crippen molar-refractivity contribution >= 4 is 29.0 Å². The molecule has 0 bridgehead atoms. The Kier molecular flexibility index (Phi) is 6.33. The number of halogens is 3. The Morgan fingerprint density at radius 1 is 1.06 bits per heavy atom. The lowest BCUT2D eigenvalue weighted by Crippen LogP contribution is -2.32. The summed E-state index contributed by atoms with van der Waals surface area (Å²) < 4.78 is 50.1. The standard InChI is InChI=1S/C24H18F3NO4S/c1-15-4-2-7-18(12-15)31-11-10-28-22(29)21(33-23(28)30)14-19-8-9-20(32-19)16-5-3-6-17(13-16)24(25,26)27/h2-9,12-14H,10-11H2,1H3/b21-14-. The molecule has 1 saturated heterocycles. The second-order valence-electron chi connectivity index (χ2n) is 7.28. The molecule has 1 aliphatic heterocycles. The summed E-state index contributed by atoms with van der Waals surface area (Å²) in [5, 5.41) is -0.427. The van der Waals surface area contributed by atoms with Gasteiger partial charge in [-0.1, -0.05) is 24.3 Å². The topological polar surface area (TPSA) is 59.8 Å². The average molecular weight is 473 g/mol. The molecule has 0 saturated carbocycles. The van der Waals surface area contributed by atoms with Crippen molar-refractivity contribution in [3.05, 3.63) is 82.5 Å². The van der Waals surface area contributed by atoms with Crippen LogP contribution in [0, 0.1) is 6.92 Å². The van der Waals surface area contributed by atoms with Crippen molar-refractivity contribution in [2.75, 3.05) is 13.2 Å². The van der Waals surface area contributed by atoms with Gasteiger partial charge in [-0.2, -0.15) is 13.2 Å². The molecule has 2 amide bonds. The zero-order chi connectivity index (χ0) is 23.6. The van der Waals surface area contributed by atoms with E-state index in [9.17, 15) is 22.8 Å². The first kappa shape index (κ1) is 22.7. The first-order chi connectivity index (χ1) is 15.7. The highest BCUT2D eigenvalue weighted by Gasteiger charge is 2.35. The molecule has 1 aromatic heterocycles. The number of alkyl halides is 3. The van der Waals surface area contributed by atoms with Gasteiger partial charge in [-0.15, -0.1) is 0 Å². The molecular formula is C24H18F3NO4S. The number of carbonyl (C=O) groups excluding carboxylic acids is 2. The lowest BCUT2D eigenvalue weighted by Gasteiger charge is -2.13. The van der Waals surface area contributed by atoms with Crippen LogP contribution in [0.5, 0.6) is 5.75 Å². The molecule has 0 radical (unpaired) electrons. The molecule has 4 rings (SSSR count). The van der Waals surface area contributed by atoms with Gasteiger partial charge in [0, 0.05) is 11.6 Å². The number of imide groups is 1. The Labute approximate surface area is 191 Å². The number of nitrogens with zero attached hydrogens (tertiary/aromatic N) is 1. The van der Waals surface area contributed by atoms with Gasteiger partial charge in [-0.25, -0.2) is 0 Å². The fourth-order valence-electron chi connectivity index (χ4n) is 3.22. The number of carbonyl (C=O) groups is 2. The summed E-state index contributed by atoms with van der Waals surface area (Å²) >= 11 is 0.770. The predicted octanol–water partition coefficient (Wildman–Crippen LogP) is 6.39. The van der Waals surface area contributed by atoms with Crippen molar-refractivity contribution < 1.29 is 31.9 Å². The third-order valence-corrected chi connectivity index (χ3v) is 5.73. The van der Waals surface area contributed by atoms with Crippen LogP contribution in [-0.4, -0.2) is 29.2 Å². The van der Waals surface area contributed by atoms with Crippen molar-refractivity contribution in [1.82, 2.24) is 4.90 Å². The van der Waals surface area contributed by atoms with E-state index in [2.05, 4.69) is 0 Å². The van der Waals surface area contributed by atoms with Gasteiger partial charge in [0.1, 0.15) is 23.9 Å². The first-order valence-electron chi connectivity index (χ1n) is 9.93. The number of furan rings is 1. The number of thioether (sulfide) groups is 1. The third kappa shape index (κ3) is 5.31. The quantitative estimate of drug-likeness (QED) is 0.388. The van der Waals surface area contributed by atoms with Gasteiger partial charge in [-0.05, 0) is 60.6 Å². The molecule has 9 heteroatoms. The van der Waals surface area contributed by atoms with E-state index in [0.29, 0.717) is 5.75 Å². The van der Waals surface area contributed by atoms with Gasteiger partial charge in [0.05, 0.1) is 17.0 Å². The van der Waals surface area contributed by atoms with Crippen LogP contribution >= 0.6 is 11.8 Å². The second kappa shape index (κ2) is 9.19. The molecule has 0 aliphatic carbocycles. The Balaban J connectivity index is 1.43. The summed E-state index contributed by atoms with van der Waals surface area (Å²) in [6, 6.07) is 15.2. The van der Waals surface area contributed by atoms with Crippen LogP contribution in [0.1, 0.15) is 16.9 Å². The second-order valence-corrected chi connectivity index (χ2v) is 8.27. The maximum atomic E-state index is 13.0. The normalized spacial score (nSPS) is 15.5. The Bertz CT molecular complexity index is 1230. The number of ether oxygens (including phenoxy) is 1. The highest BCUT2D eigenvalue weighted by atomic mass is 32.2. The Morgan fingerprint density at radius 2 is 1.85 bits per heavy atom. The lowest BCUT2D eigenvalue weighted by molar-refractivity contribution is -0.137. The van der Waals surface area contributed by atoms with Crippen molar-refractivity contribution in [3.8, 4) is 17.1 Å². The minimum Gasteiger partial charge on any atom is -0.492 e. The fraction of sp³-hybridized carbons (Fsp3) is 0.167. The summed E-state index contributed by atoms with van der Waals surface area (Å²) in [6.45, 7) is 2.17. The van der Waals surface area contributed by atoms with Crippen LogP contribution in [0.15, 0.2) is 70.0 Å². The van der Waals surface area contributed by atoms with Crippen LogP contribution in [0.25, 0.3) is 17.4 Å². The summed E-state index contributed by atoms with van der Waals surface area (Å²) in [5.74, 6) is 0.645. The number of aryl methyl sites for hydroxylation is 1. The van der Waals surface area contributed by atoms with E-state index in [1.165, 1.54) is 30.3 Å². The molecule has 3 aromatic rings. The van der Waals surface area contributed by atoms with Crippen molar-refractivity contribution in [1.29, 1.82) is 0 Å². The number of hydrogen-bond acceptors (Lipinski definition) is 5. The van der Waals surface area contributed by atoms with Crippen LogP contribution in [0.2, 0.25) is 0 Å². The van der Waals surface area contributed by atoms with E-state index >= 15 is 0 Å². The summed E-state index contributed by atoms with van der Waals surface area (Å²) in [5.41, 5.74) is 0.502. The predicted molar refractivity (Wildman–Crippen MR) is 118 cm³/mol. The largest absolute Gasteiger partial charge is 0.492 e. The van der Waals surface area contributed by atoms with E-state index < -0.39 is 22.9 Å². The SMILES string of the molecule is Cc1cccc(OCCN2C(=O)S/C(=C\c3ccc(-c4cccc(C(F)(F)F)c4)o3)C2=O)c1. The van der Waals surface area contributed by atoms with Crippen molar-refractivity contribution in [2.24, 2.45) is 0 Å². The molecule has 2 aromatic carbocycles. The minimum absolute atomic E-state index is 0.0869. The maximum Gasteiger partial charge on any atom is 0.416 e. The van der Waals surface area contributed by atoms with Gasteiger partial charge in [0.15, 0.2) is 0 Å². The summed E-state index contributed by atoms with van der Waals surface area (Å²) in [4.78, 5) is 26.2. The first-order valence-corrected chi connectivity index (χ1v) is 10.7. The Morgan fingerprint density at radius 3 is 2.61 bits per heavy atom. The lowest BCUT2D eigenvalue weighted by atomic mass is 10.1. The minimum atomic E-state index is -4.47. The molecule has 1 aliphatic rings. The molecule has 33 heavy (non-hydrogen) atoms. The molecule has 1 fully saturated rings. The number of amides is 2. The smallest absolute Gasteiger partial charge is 0.416 e. The summed E-state index contributed by atoms with van der Waals surface area (Å²) in [7, 11) is 0. The van der Waals surface area contributed by atoms with Crippen LogP contribution < -0.4 is 4.74 Å². The highest BCUT2D eigenvalue weighted by molar-refractivity contribution is 8.18. The van der Waals surface area contributed by atoms with Crippen LogP contribution in [-0.2, 0) is 11.0 Å². The summed E-state index contributed by atoms with van der Waals surface area (Å²) in [6.07, 6.45) is -3.06. The molecule has 0 N–H and O–H groups in total. The zero-order valence-electron chi connectivity index (χ0n) is 17.4. The van der Waals surface area contributed by atoms with Crippen molar-refractivity contribution in [2.45, 2.75) is 13.1 Å². The monoisotopic (exact) mass is 473 g/mol. The molecule has 5 nitrogen and oxygen atoms in total. The van der Waals surface area contributed by atoms with Crippen LogP contribution in [0.3, 0.4) is 0 Å². The van der Waals surface area contributed by atoms with Gasteiger partial charge < -0.3 is 9.15 Å². The molecule has 0 unspecified atom stereocenters. The van der Waals surface area contributed by atoms with E-state index in [1.807, 2.05) is 25.1 Å². The number of benzene rings is 2. The number of rotatable bonds is 6. The maximum absolute atomic E-state index is 13.0. The fourth-order valence-corrected chi connectivity index (χ4v) is 4.06. The molecule has 0 atom stereocenters.